The Hall–Kier alpha value is -1.04. The average molecular weight is 364 g/mol. The van der Waals surface area contributed by atoms with Gasteiger partial charge in [0.15, 0.2) is 0 Å². The number of piperidine rings is 1. The molecule has 0 aliphatic carbocycles. The first-order valence-corrected chi connectivity index (χ1v) is 7.77. The van der Waals surface area contributed by atoms with Gasteiger partial charge in [-0.05, 0) is 30.0 Å². The number of benzene rings is 1. The minimum Gasteiger partial charge on any atom is -0.342 e. The van der Waals surface area contributed by atoms with E-state index in [1.54, 1.807) is 4.90 Å². The molecule has 0 spiro atoms. The molecule has 21 heavy (non-hydrogen) atoms. The Labute approximate surface area is 130 Å². The molecule has 0 bridgehead atoms. The molecule has 1 saturated heterocycles. The van der Waals surface area contributed by atoms with Crippen LogP contribution in [0.3, 0.4) is 0 Å². The van der Waals surface area contributed by atoms with Crippen LogP contribution >= 0.6 is 15.9 Å². The Bertz CT molecular complexity index is 501. The Kier molecular flexibility index (Phi) is 4.96. The molecular formula is C15H17BrF3NO. The van der Waals surface area contributed by atoms with Crippen molar-refractivity contribution in [3.8, 4) is 0 Å². The van der Waals surface area contributed by atoms with Gasteiger partial charge in [-0.2, -0.15) is 13.2 Å². The third-order valence-electron chi connectivity index (χ3n) is 3.79. The second kappa shape index (κ2) is 6.38. The van der Waals surface area contributed by atoms with E-state index in [0.717, 1.165) is 18.6 Å². The van der Waals surface area contributed by atoms with Crippen molar-refractivity contribution in [2.24, 2.45) is 5.92 Å². The van der Waals surface area contributed by atoms with Crippen molar-refractivity contribution in [1.29, 1.82) is 0 Å². The molecule has 1 aliphatic heterocycles. The lowest BCUT2D eigenvalue weighted by Gasteiger charge is -2.34. The van der Waals surface area contributed by atoms with Crippen LogP contribution in [0.2, 0.25) is 0 Å². The molecule has 1 fully saturated rings. The van der Waals surface area contributed by atoms with E-state index in [4.69, 9.17) is 0 Å². The number of likely N-dealkylation sites (tertiary alicyclic amines) is 1. The van der Waals surface area contributed by atoms with Gasteiger partial charge in [0.2, 0.25) is 5.91 Å². The highest BCUT2D eigenvalue weighted by Gasteiger charge is 2.30. The summed E-state index contributed by atoms with van der Waals surface area (Å²) in [6.07, 6.45) is -3.28. The number of hydrogen-bond acceptors (Lipinski definition) is 1. The molecule has 1 amide bonds. The molecule has 1 aromatic rings. The second-order valence-electron chi connectivity index (χ2n) is 5.49. The molecule has 0 radical (unpaired) electrons. The first-order valence-electron chi connectivity index (χ1n) is 6.85. The molecule has 1 aromatic carbocycles. The number of alkyl halides is 4. The van der Waals surface area contributed by atoms with E-state index in [0.29, 0.717) is 29.4 Å². The van der Waals surface area contributed by atoms with E-state index < -0.39 is 11.7 Å². The Balaban J connectivity index is 1.97. The number of carbonyl (C=O) groups is 1. The van der Waals surface area contributed by atoms with E-state index in [1.165, 1.54) is 12.1 Å². The summed E-state index contributed by atoms with van der Waals surface area (Å²) in [5.74, 6) is 0.358. The average Bonchev–Trinajstić information content (AvgIpc) is 2.41. The monoisotopic (exact) mass is 363 g/mol. The van der Waals surface area contributed by atoms with Crippen LogP contribution in [0.1, 0.15) is 24.5 Å². The van der Waals surface area contributed by atoms with E-state index in [9.17, 15) is 18.0 Å². The minimum atomic E-state index is -4.34. The fraction of sp³-hybridized carbons (Fsp3) is 0.533. The minimum absolute atomic E-state index is 0.0268. The summed E-state index contributed by atoms with van der Waals surface area (Å²) < 4.78 is 37.4. The Morgan fingerprint density at radius 1 is 1.33 bits per heavy atom. The summed E-state index contributed by atoms with van der Waals surface area (Å²) in [5, 5.41) is 0. The molecule has 2 unspecified atom stereocenters. The predicted octanol–water partition coefficient (Wildman–Crippen LogP) is 3.88. The number of carbonyl (C=O) groups excluding carboxylic acids is 1. The van der Waals surface area contributed by atoms with Crippen LogP contribution in [0.25, 0.3) is 0 Å². The van der Waals surface area contributed by atoms with Gasteiger partial charge in [0.25, 0.3) is 0 Å². The van der Waals surface area contributed by atoms with Gasteiger partial charge in [-0.1, -0.05) is 35.0 Å². The highest BCUT2D eigenvalue weighted by atomic mass is 79.9. The zero-order valence-corrected chi connectivity index (χ0v) is 13.2. The van der Waals surface area contributed by atoms with Crippen molar-refractivity contribution in [3.05, 3.63) is 35.4 Å². The maximum absolute atomic E-state index is 12.5. The van der Waals surface area contributed by atoms with Crippen LogP contribution in [-0.4, -0.2) is 28.7 Å². The lowest BCUT2D eigenvalue weighted by molar-refractivity contribution is -0.137. The SMILES string of the molecule is CC1CN(C(=O)Cc2ccc(C(F)(F)F)cc2)CCC1Br. The third-order valence-corrected chi connectivity index (χ3v) is 5.15. The fourth-order valence-corrected chi connectivity index (χ4v) is 2.81. The lowest BCUT2D eigenvalue weighted by atomic mass is 9.99. The smallest absolute Gasteiger partial charge is 0.342 e. The number of hydrogen-bond donors (Lipinski definition) is 0. The molecule has 116 valence electrons. The fourth-order valence-electron chi connectivity index (χ4n) is 2.44. The normalized spacial score (nSPS) is 23.2. The molecule has 2 atom stereocenters. The molecule has 6 heteroatoms. The number of amides is 1. The van der Waals surface area contributed by atoms with E-state index in [-0.39, 0.29) is 12.3 Å². The molecular weight excluding hydrogens is 347 g/mol. The Morgan fingerprint density at radius 2 is 1.95 bits per heavy atom. The number of nitrogens with zero attached hydrogens (tertiary/aromatic N) is 1. The summed E-state index contributed by atoms with van der Waals surface area (Å²) >= 11 is 3.58. The van der Waals surface area contributed by atoms with Gasteiger partial charge in [-0.15, -0.1) is 0 Å². The number of halogens is 4. The first-order chi connectivity index (χ1) is 9.77. The van der Waals surface area contributed by atoms with Crippen LogP contribution < -0.4 is 0 Å². The summed E-state index contributed by atoms with van der Waals surface area (Å²) in [4.78, 5) is 14.4. The molecule has 1 heterocycles. The van der Waals surface area contributed by atoms with Crippen LogP contribution in [0, 0.1) is 5.92 Å². The third kappa shape index (κ3) is 4.22. The highest BCUT2D eigenvalue weighted by Crippen LogP contribution is 2.29. The van der Waals surface area contributed by atoms with E-state index in [1.807, 2.05) is 0 Å². The van der Waals surface area contributed by atoms with Crippen LogP contribution in [0.4, 0.5) is 13.2 Å². The van der Waals surface area contributed by atoms with Crippen LogP contribution in [-0.2, 0) is 17.4 Å². The van der Waals surface area contributed by atoms with E-state index >= 15 is 0 Å². The molecule has 0 aromatic heterocycles. The highest BCUT2D eigenvalue weighted by molar-refractivity contribution is 9.09. The predicted molar refractivity (Wildman–Crippen MR) is 78.2 cm³/mol. The molecule has 0 saturated carbocycles. The lowest BCUT2D eigenvalue weighted by Crippen LogP contribution is -2.43. The summed E-state index contributed by atoms with van der Waals surface area (Å²) in [6, 6.07) is 4.80. The zero-order valence-electron chi connectivity index (χ0n) is 11.7. The summed E-state index contributed by atoms with van der Waals surface area (Å²) in [6.45, 7) is 3.46. The standard InChI is InChI=1S/C15H17BrF3NO/c1-10-9-20(7-6-13(10)16)14(21)8-11-2-4-12(5-3-11)15(17,18)19/h2-5,10,13H,6-9H2,1H3. The van der Waals surface area contributed by atoms with E-state index in [2.05, 4.69) is 22.9 Å². The topological polar surface area (TPSA) is 20.3 Å². The summed E-state index contributed by atoms with van der Waals surface area (Å²) in [7, 11) is 0. The first kappa shape index (κ1) is 16.3. The largest absolute Gasteiger partial charge is 0.416 e. The summed E-state index contributed by atoms with van der Waals surface area (Å²) in [5.41, 5.74) is -0.0750. The Morgan fingerprint density at radius 3 is 2.48 bits per heavy atom. The van der Waals surface area contributed by atoms with Crippen molar-refractivity contribution in [1.82, 2.24) is 4.90 Å². The molecule has 0 N–H and O–H groups in total. The second-order valence-corrected chi connectivity index (χ2v) is 6.67. The van der Waals surface area contributed by atoms with Gasteiger partial charge in [0.05, 0.1) is 12.0 Å². The van der Waals surface area contributed by atoms with Gasteiger partial charge >= 0.3 is 6.18 Å². The van der Waals surface area contributed by atoms with Gasteiger partial charge in [0, 0.05) is 17.9 Å². The van der Waals surface area contributed by atoms with Gasteiger partial charge in [-0.3, -0.25) is 4.79 Å². The maximum Gasteiger partial charge on any atom is 0.416 e. The zero-order chi connectivity index (χ0) is 15.6. The quantitative estimate of drug-likeness (QED) is 0.730. The van der Waals surface area contributed by atoms with Crippen molar-refractivity contribution in [2.75, 3.05) is 13.1 Å². The van der Waals surface area contributed by atoms with Crippen molar-refractivity contribution in [2.45, 2.75) is 30.8 Å². The van der Waals surface area contributed by atoms with Gasteiger partial charge in [0.1, 0.15) is 0 Å². The van der Waals surface area contributed by atoms with Crippen molar-refractivity contribution in [3.63, 3.8) is 0 Å². The van der Waals surface area contributed by atoms with Gasteiger partial charge < -0.3 is 4.90 Å². The van der Waals surface area contributed by atoms with Crippen molar-refractivity contribution >= 4 is 21.8 Å². The van der Waals surface area contributed by atoms with Gasteiger partial charge in [-0.25, -0.2) is 0 Å². The molecule has 2 nitrogen and oxygen atoms in total. The van der Waals surface area contributed by atoms with Crippen LogP contribution in [0.15, 0.2) is 24.3 Å². The van der Waals surface area contributed by atoms with Crippen molar-refractivity contribution < 1.29 is 18.0 Å². The molecule has 1 aliphatic rings. The maximum atomic E-state index is 12.5. The van der Waals surface area contributed by atoms with Crippen LogP contribution in [0.5, 0.6) is 0 Å². The molecule has 2 rings (SSSR count). The number of rotatable bonds is 2.